The van der Waals surface area contributed by atoms with Crippen LogP contribution in [-0.2, 0) is 11.3 Å². The van der Waals surface area contributed by atoms with Crippen LogP contribution in [0, 0.1) is 6.92 Å². The van der Waals surface area contributed by atoms with E-state index in [1.54, 1.807) is 11.3 Å². The van der Waals surface area contributed by atoms with Crippen LogP contribution in [0.25, 0.3) is 10.2 Å². The number of esters is 1. The first-order valence-corrected chi connectivity index (χ1v) is 11.3. The lowest BCUT2D eigenvalue weighted by atomic mass is 10.0. The van der Waals surface area contributed by atoms with Crippen molar-refractivity contribution in [1.82, 2.24) is 9.88 Å². The average molecular weight is 444 g/mol. The highest BCUT2D eigenvalue weighted by Crippen LogP contribution is 2.33. The van der Waals surface area contributed by atoms with Crippen molar-refractivity contribution in [2.45, 2.75) is 39.4 Å². The number of thiazole rings is 1. The number of fused-ring (bicyclic) bond motifs is 1. The summed E-state index contributed by atoms with van der Waals surface area (Å²) in [6.07, 6.45) is 0. The molecule has 3 aromatic rings. The van der Waals surface area contributed by atoms with Crippen LogP contribution in [-0.4, -0.2) is 48.1 Å². The van der Waals surface area contributed by atoms with Gasteiger partial charge in [-0.25, -0.2) is 9.78 Å². The molecule has 0 saturated carbocycles. The topological polar surface area (TPSA) is 45.7 Å². The number of benzene rings is 2. The second kappa shape index (κ2) is 8.53. The number of ether oxygens (including phenoxy) is 1. The number of carbonyl (C=O) groups is 1. The Bertz CT molecular complexity index is 1070. The van der Waals surface area contributed by atoms with E-state index in [0.29, 0.717) is 17.6 Å². The first kappa shape index (κ1) is 21.1. The van der Waals surface area contributed by atoms with Gasteiger partial charge in [0, 0.05) is 36.7 Å². The van der Waals surface area contributed by atoms with Gasteiger partial charge in [0.25, 0.3) is 0 Å². The van der Waals surface area contributed by atoms with Crippen LogP contribution in [0.1, 0.15) is 35.3 Å². The van der Waals surface area contributed by atoms with Gasteiger partial charge in [-0.05, 0) is 62.2 Å². The summed E-state index contributed by atoms with van der Waals surface area (Å²) in [6, 6.07) is 12.5. The van der Waals surface area contributed by atoms with Crippen LogP contribution in [0.4, 0.5) is 5.13 Å². The highest BCUT2D eigenvalue weighted by Gasteiger charge is 2.31. The van der Waals surface area contributed by atoms with E-state index in [2.05, 4.69) is 29.7 Å². The summed E-state index contributed by atoms with van der Waals surface area (Å²) < 4.78 is 6.02. The van der Waals surface area contributed by atoms with E-state index in [1.807, 2.05) is 37.3 Å². The zero-order chi connectivity index (χ0) is 21.4. The number of carbonyl (C=O) groups excluding carboxylic acids is 1. The Balaban J connectivity index is 1.51. The molecule has 1 saturated heterocycles. The molecule has 1 aromatic heterocycles. The van der Waals surface area contributed by atoms with Gasteiger partial charge in [0.15, 0.2) is 5.13 Å². The first-order chi connectivity index (χ1) is 14.3. The summed E-state index contributed by atoms with van der Waals surface area (Å²) in [7, 11) is 1.42. The molecule has 0 radical (unpaired) electrons. The van der Waals surface area contributed by atoms with Crippen molar-refractivity contribution in [3.05, 3.63) is 58.1 Å². The van der Waals surface area contributed by atoms with E-state index in [4.69, 9.17) is 21.3 Å². The zero-order valence-corrected chi connectivity index (χ0v) is 19.3. The highest BCUT2D eigenvalue weighted by molar-refractivity contribution is 7.22. The Hall–Kier alpha value is -2.15. The SMILES string of the molecule is COC(=O)c1cc(C)cc(CN2C(C)CN(c3nc4ccc(Cl)cc4s3)CC2C)c1. The number of hydrogen-bond acceptors (Lipinski definition) is 6. The number of aromatic nitrogens is 1. The summed E-state index contributed by atoms with van der Waals surface area (Å²) in [5.74, 6) is -0.290. The lowest BCUT2D eigenvalue weighted by molar-refractivity contribution is 0.0600. The quantitative estimate of drug-likeness (QED) is 0.522. The minimum atomic E-state index is -0.290. The highest BCUT2D eigenvalue weighted by atomic mass is 35.5. The predicted molar refractivity (Wildman–Crippen MR) is 124 cm³/mol. The standard InChI is InChI=1S/C23H26ClN3O2S/c1-14-7-17(9-18(8-14)22(28)29-4)13-27-15(2)11-26(12-16(27)3)23-25-20-6-5-19(24)10-21(20)30-23/h5-10,15-16H,11-13H2,1-4H3. The molecule has 5 nitrogen and oxygen atoms in total. The summed E-state index contributed by atoms with van der Waals surface area (Å²) >= 11 is 7.83. The van der Waals surface area contributed by atoms with Gasteiger partial charge in [0.2, 0.25) is 0 Å². The van der Waals surface area contributed by atoms with Gasteiger partial charge in [-0.2, -0.15) is 0 Å². The molecule has 0 spiro atoms. The number of aryl methyl sites for hydroxylation is 1. The molecule has 2 aromatic carbocycles. The number of nitrogens with zero attached hydrogens (tertiary/aromatic N) is 3. The summed E-state index contributed by atoms with van der Waals surface area (Å²) in [5.41, 5.74) is 3.81. The molecule has 2 atom stereocenters. The van der Waals surface area contributed by atoms with Crippen molar-refractivity contribution >= 4 is 44.3 Å². The maximum absolute atomic E-state index is 12.0. The molecule has 30 heavy (non-hydrogen) atoms. The fourth-order valence-electron chi connectivity index (χ4n) is 4.25. The molecule has 1 fully saturated rings. The third-order valence-corrected chi connectivity index (χ3v) is 6.95. The number of rotatable bonds is 4. The number of anilines is 1. The van der Waals surface area contributed by atoms with Gasteiger partial charge >= 0.3 is 5.97 Å². The Labute approximate surface area is 186 Å². The van der Waals surface area contributed by atoms with Crippen LogP contribution in [0.3, 0.4) is 0 Å². The Morgan fingerprint density at radius 2 is 1.93 bits per heavy atom. The van der Waals surface area contributed by atoms with Crippen LogP contribution >= 0.6 is 22.9 Å². The molecule has 158 valence electrons. The predicted octanol–water partition coefficient (Wildman–Crippen LogP) is 5.14. The van der Waals surface area contributed by atoms with Gasteiger partial charge in [-0.15, -0.1) is 0 Å². The van der Waals surface area contributed by atoms with Crippen molar-refractivity contribution in [2.75, 3.05) is 25.1 Å². The normalized spacial score (nSPS) is 20.0. The third kappa shape index (κ3) is 4.31. The van der Waals surface area contributed by atoms with Crippen LogP contribution < -0.4 is 4.90 Å². The Morgan fingerprint density at radius 1 is 1.20 bits per heavy atom. The second-order valence-electron chi connectivity index (χ2n) is 8.08. The molecule has 0 amide bonds. The lowest BCUT2D eigenvalue weighted by Crippen LogP contribution is -2.56. The molecule has 2 heterocycles. The van der Waals surface area contributed by atoms with E-state index < -0.39 is 0 Å². The van der Waals surface area contributed by atoms with Crippen LogP contribution in [0.15, 0.2) is 36.4 Å². The van der Waals surface area contributed by atoms with Crippen molar-refractivity contribution in [3.8, 4) is 0 Å². The fourth-order valence-corrected chi connectivity index (χ4v) is 5.51. The Kier molecular flexibility index (Phi) is 6.00. The molecule has 0 aliphatic carbocycles. The van der Waals surface area contributed by atoms with Crippen molar-refractivity contribution in [1.29, 1.82) is 0 Å². The van der Waals surface area contributed by atoms with Crippen molar-refractivity contribution in [3.63, 3.8) is 0 Å². The fraction of sp³-hybridized carbons (Fsp3) is 0.391. The van der Waals surface area contributed by atoms with E-state index in [9.17, 15) is 4.79 Å². The van der Waals surface area contributed by atoms with Crippen LogP contribution in [0.5, 0.6) is 0 Å². The molecular weight excluding hydrogens is 418 g/mol. The van der Waals surface area contributed by atoms with E-state index in [1.165, 1.54) is 7.11 Å². The van der Waals surface area contributed by atoms with Crippen molar-refractivity contribution < 1.29 is 9.53 Å². The van der Waals surface area contributed by atoms with Gasteiger partial charge in [0.1, 0.15) is 0 Å². The van der Waals surface area contributed by atoms with Gasteiger partial charge in [-0.3, -0.25) is 4.90 Å². The maximum Gasteiger partial charge on any atom is 0.337 e. The molecule has 4 rings (SSSR count). The Morgan fingerprint density at radius 3 is 2.63 bits per heavy atom. The number of halogens is 1. The minimum absolute atomic E-state index is 0.290. The smallest absolute Gasteiger partial charge is 0.337 e. The molecule has 0 N–H and O–H groups in total. The van der Waals surface area contributed by atoms with E-state index in [-0.39, 0.29) is 5.97 Å². The number of piperazine rings is 1. The minimum Gasteiger partial charge on any atom is -0.465 e. The van der Waals surface area contributed by atoms with E-state index >= 15 is 0 Å². The molecule has 7 heteroatoms. The molecule has 1 aliphatic heterocycles. The number of hydrogen-bond donors (Lipinski definition) is 0. The molecule has 2 unspecified atom stereocenters. The molecule has 0 bridgehead atoms. The third-order valence-electron chi connectivity index (χ3n) is 5.63. The van der Waals surface area contributed by atoms with E-state index in [0.717, 1.165) is 51.1 Å². The summed E-state index contributed by atoms with van der Waals surface area (Å²) in [6.45, 7) is 9.15. The zero-order valence-electron chi connectivity index (χ0n) is 17.7. The summed E-state index contributed by atoms with van der Waals surface area (Å²) in [4.78, 5) is 21.7. The van der Waals surface area contributed by atoms with Gasteiger partial charge in [0.05, 0.1) is 22.9 Å². The largest absolute Gasteiger partial charge is 0.465 e. The lowest BCUT2D eigenvalue weighted by Gasteiger charge is -2.44. The maximum atomic E-state index is 12.0. The van der Waals surface area contributed by atoms with Gasteiger partial charge in [-0.1, -0.05) is 29.0 Å². The summed E-state index contributed by atoms with van der Waals surface area (Å²) in [5, 5.41) is 1.79. The van der Waals surface area contributed by atoms with Gasteiger partial charge < -0.3 is 9.64 Å². The molecule has 1 aliphatic rings. The number of methoxy groups -OCH3 is 1. The second-order valence-corrected chi connectivity index (χ2v) is 9.53. The molecular formula is C23H26ClN3O2S. The average Bonchev–Trinajstić information content (AvgIpc) is 3.12. The van der Waals surface area contributed by atoms with Crippen molar-refractivity contribution in [2.24, 2.45) is 0 Å². The van der Waals surface area contributed by atoms with Crippen LogP contribution in [0.2, 0.25) is 5.02 Å². The first-order valence-electron chi connectivity index (χ1n) is 10.1. The monoisotopic (exact) mass is 443 g/mol.